The Morgan fingerprint density at radius 2 is 2.09 bits per heavy atom. The zero-order valence-corrected chi connectivity index (χ0v) is 12.5. The zero-order chi connectivity index (χ0) is 15.1. The largest absolute Gasteiger partial charge is 0.378 e. The van der Waals surface area contributed by atoms with E-state index in [0.29, 0.717) is 12.0 Å². The number of hydrogen-bond acceptors (Lipinski definition) is 3. The van der Waals surface area contributed by atoms with Gasteiger partial charge in [0.2, 0.25) is 0 Å². The third kappa shape index (κ3) is 2.16. The average molecular weight is 301 g/mol. The highest BCUT2D eigenvalue weighted by atomic mass is 19.1. The lowest BCUT2D eigenvalue weighted by atomic mass is 9.98. The predicted molar refractivity (Wildman–Crippen MR) is 81.8 cm³/mol. The lowest BCUT2D eigenvalue weighted by molar-refractivity contribution is -0.0194. The van der Waals surface area contributed by atoms with Gasteiger partial charge in [0.25, 0.3) is 0 Å². The quantitative estimate of drug-likeness (QED) is 0.948. The number of nitrogens with zero attached hydrogens (tertiary/aromatic N) is 3. The van der Waals surface area contributed by atoms with Crippen molar-refractivity contribution in [2.75, 3.05) is 13.1 Å². The number of aliphatic hydroxyl groups excluding tert-OH is 1. The third-order valence-corrected chi connectivity index (χ3v) is 4.91. The van der Waals surface area contributed by atoms with Crippen LogP contribution in [0.25, 0.3) is 11.3 Å². The Labute approximate surface area is 129 Å². The summed E-state index contributed by atoms with van der Waals surface area (Å²) in [5, 5.41) is 10.6. The van der Waals surface area contributed by atoms with Gasteiger partial charge >= 0.3 is 0 Å². The topological polar surface area (TPSA) is 41.3 Å². The first-order valence-electron chi connectivity index (χ1n) is 7.98. The maximum absolute atomic E-state index is 14.3. The molecule has 1 N–H and O–H groups in total. The molecular formula is C17H20FN3O. The maximum atomic E-state index is 14.3. The molecule has 4 nitrogen and oxygen atoms in total. The SMILES string of the molecule is OC(C[C@H]1c2c(F)cccc2-c2cncn21)N1CCCCC1. The molecule has 0 aliphatic carbocycles. The number of piperidine rings is 1. The molecule has 4 rings (SSSR count). The fraction of sp³-hybridized carbons (Fsp3) is 0.471. The number of halogens is 1. The molecule has 1 aromatic carbocycles. The Morgan fingerprint density at radius 3 is 2.91 bits per heavy atom. The van der Waals surface area contributed by atoms with Crippen LogP contribution in [-0.2, 0) is 0 Å². The Bertz CT molecular complexity index is 678. The van der Waals surface area contributed by atoms with Gasteiger partial charge in [-0.3, -0.25) is 4.90 Å². The molecule has 2 aromatic rings. The lowest BCUT2D eigenvalue weighted by Crippen LogP contribution is -2.40. The summed E-state index contributed by atoms with van der Waals surface area (Å²) in [5.41, 5.74) is 2.52. The fourth-order valence-corrected chi connectivity index (χ4v) is 3.80. The van der Waals surface area contributed by atoms with Crippen molar-refractivity contribution in [1.82, 2.24) is 14.5 Å². The van der Waals surface area contributed by atoms with Gasteiger partial charge in [-0.25, -0.2) is 9.37 Å². The van der Waals surface area contributed by atoms with Gasteiger partial charge in [0, 0.05) is 30.6 Å². The molecule has 2 aliphatic heterocycles. The summed E-state index contributed by atoms with van der Waals surface area (Å²) < 4.78 is 16.3. The summed E-state index contributed by atoms with van der Waals surface area (Å²) >= 11 is 0. The van der Waals surface area contributed by atoms with Crippen LogP contribution in [0.15, 0.2) is 30.7 Å². The molecule has 0 amide bonds. The molecule has 3 heterocycles. The standard InChI is InChI=1S/C17H20FN3O/c18-13-6-4-5-12-15-10-19-11-21(15)14(17(12)13)9-16(22)20-7-2-1-3-8-20/h4-6,10-11,14,16,22H,1-3,7-9H2/t14-,16?/m0/s1. The molecule has 2 atom stereocenters. The zero-order valence-electron chi connectivity index (χ0n) is 12.5. The van der Waals surface area contributed by atoms with E-state index in [1.54, 1.807) is 18.6 Å². The monoisotopic (exact) mass is 301 g/mol. The van der Waals surface area contributed by atoms with Gasteiger partial charge < -0.3 is 9.67 Å². The van der Waals surface area contributed by atoms with Crippen LogP contribution in [0.3, 0.4) is 0 Å². The second kappa shape index (κ2) is 5.48. The first-order valence-corrected chi connectivity index (χ1v) is 7.98. The van der Waals surface area contributed by atoms with E-state index in [0.717, 1.165) is 37.2 Å². The molecular weight excluding hydrogens is 281 g/mol. The first-order chi connectivity index (χ1) is 10.8. The predicted octanol–water partition coefficient (Wildman–Crippen LogP) is 2.79. The molecule has 116 valence electrons. The van der Waals surface area contributed by atoms with E-state index < -0.39 is 6.23 Å². The van der Waals surface area contributed by atoms with Gasteiger partial charge in [-0.2, -0.15) is 0 Å². The van der Waals surface area contributed by atoms with Crippen LogP contribution < -0.4 is 0 Å². The lowest BCUT2D eigenvalue weighted by Gasteiger charge is -2.32. The number of aliphatic hydroxyl groups is 1. The van der Waals surface area contributed by atoms with E-state index in [1.807, 2.05) is 10.6 Å². The number of aromatic nitrogens is 2. The highest BCUT2D eigenvalue weighted by Gasteiger charge is 2.33. The van der Waals surface area contributed by atoms with Gasteiger partial charge in [-0.15, -0.1) is 0 Å². The number of fused-ring (bicyclic) bond motifs is 3. The molecule has 0 spiro atoms. The van der Waals surface area contributed by atoms with Gasteiger partial charge in [-0.1, -0.05) is 18.6 Å². The van der Waals surface area contributed by atoms with Gasteiger partial charge in [0.1, 0.15) is 12.0 Å². The molecule has 2 aliphatic rings. The highest BCUT2D eigenvalue weighted by molar-refractivity contribution is 5.69. The molecule has 0 radical (unpaired) electrons. The summed E-state index contributed by atoms with van der Waals surface area (Å²) in [6, 6.07) is 4.98. The van der Waals surface area contributed by atoms with Crippen LogP contribution in [0.1, 0.15) is 37.3 Å². The summed E-state index contributed by atoms with van der Waals surface area (Å²) in [7, 11) is 0. The van der Waals surface area contributed by atoms with E-state index in [4.69, 9.17) is 0 Å². The number of imidazole rings is 1. The second-order valence-electron chi connectivity index (χ2n) is 6.22. The van der Waals surface area contributed by atoms with E-state index in [-0.39, 0.29) is 11.9 Å². The molecule has 22 heavy (non-hydrogen) atoms. The summed E-state index contributed by atoms with van der Waals surface area (Å²) in [4.78, 5) is 6.30. The van der Waals surface area contributed by atoms with Gasteiger partial charge in [0.05, 0.1) is 24.3 Å². The van der Waals surface area contributed by atoms with Crippen molar-refractivity contribution < 1.29 is 9.50 Å². The Morgan fingerprint density at radius 1 is 1.27 bits per heavy atom. The average Bonchev–Trinajstić information content (AvgIpc) is 3.12. The van der Waals surface area contributed by atoms with Crippen molar-refractivity contribution in [1.29, 1.82) is 0 Å². The van der Waals surface area contributed by atoms with E-state index in [1.165, 1.54) is 12.5 Å². The summed E-state index contributed by atoms with van der Waals surface area (Å²) in [6.07, 6.45) is 6.96. The van der Waals surface area contributed by atoms with Crippen molar-refractivity contribution in [3.63, 3.8) is 0 Å². The van der Waals surface area contributed by atoms with E-state index in [9.17, 15) is 9.50 Å². The number of likely N-dealkylation sites (tertiary alicyclic amines) is 1. The van der Waals surface area contributed by atoms with Crippen LogP contribution in [-0.4, -0.2) is 38.9 Å². The van der Waals surface area contributed by atoms with Crippen molar-refractivity contribution in [2.45, 2.75) is 38.0 Å². The summed E-state index contributed by atoms with van der Waals surface area (Å²) in [6.45, 7) is 1.85. The normalized spacial score (nSPS) is 22.4. The van der Waals surface area contributed by atoms with Crippen LogP contribution in [0.2, 0.25) is 0 Å². The minimum Gasteiger partial charge on any atom is -0.378 e. The van der Waals surface area contributed by atoms with Crippen molar-refractivity contribution in [3.8, 4) is 11.3 Å². The minimum atomic E-state index is -0.536. The Balaban J connectivity index is 1.65. The van der Waals surface area contributed by atoms with Crippen LogP contribution >= 0.6 is 0 Å². The molecule has 0 saturated carbocycles. The molecule has 1 aromatic heterocycles. The molecule has 0 bridgehead atoms. The van der Waals surface area contributed by atoms with Crippen LogP contribution in [0.5, 0.6) is 0 Å². The van der Waals surface area contributed by atoms with E-state index >= 15 is 0 Å². The molecule has 1 saturated heterocycles. The van der Waals surface area contributed by atoms with Crippen molar-refractivity contribution in [3.05, 3.63) is 42.1 Å². The number of benzene rings is 1. The van der Waals surface area contributed by atoms with Crippen LogP contribution in [0.4, 0.5) is 4.39 Å². The summed E-state index contributed by atoms with van der Waals surface area (Å²) in [5.74, 6) is -0.197. The molecule has 5 heteroatoms. The maximum Gasteiger partial charge on any atom is 0.129 e. The molecule has 1 unspecified atom stereocenters. The number of rotatable bonds is 3. The van der Waals surface area contributed by atoms with Crippen LogP contribution in [0, 0.1) is 5.82 Å². The van der Waals surface area contributed by atoms with E-state index in [2.05, 4.69) is 9.88 Å². The van der Waals surface area contributed by atoms with Crippen molar-refractivity contribution in [2.24, 2.45) is 0 Å². The second-order valence-corrected chi connectivity index (χ2v) is 6.22. The highest BCUT2D eigenvalue weighted by Crippen LogP contribution is 2.42. The Hall–Kier alpha value is -1.72. The smallest absolute Gasteiger partial charge is 0.129 e. The van der Waals surface area contributed by atoms with Gasteiger partial charge in [0.15, 0.2) is 0 Å². The molecule has 1 fully saturated rings. The third-order valence-electron chi connectivity index (χ3n) is 4.91. The van der Waals surface area contributed by atoms with Crippen molar-refractivity contribution >= 4 is 0 Å². The fourth-order valence-electron chi connectivity index (χ4n) is 3.80. The first kappa shape index (κ1) is 13.9. The minimum absolute atomic E-state index is 0.175. The van der Waals surface area contributed by atoms with Gasteiger partial charge in [-0.05, 0) is 18.9 Å². The number of hydrogen-bond donors (Lipinski definition) is 1. The Kier molecular flexibility index (Phi) is 3.47.